The molecule has 0 fully saturated rings. The molecule has 19 heavy (non-hydrogen) atoms. The molecule has 3 N–H and O–H groups in total. The van der Waals surface area contributed by atoms with Gasteiger partial charge in [-0.1, -0.05) is 0 Å². The van der Waals surface area contributed by atoms with Crippen molar-refractivity contribution >= 4 is 0 Å². The summed E-state index contributed by atoms with van der Waals surface area (Å²) < 4.78 is 75.5. The normalized spacial score (nSPS) is 13.6. The molecule has 1 aromatic rings. The molecular formula is C11H12F6N2. The minimum absolute atomic E-state index is 0.227. The van der Waals surface area contributed by atoms with Gasteiger partial charge in [0, 0.05) is 24.1 Å². The summed E-state index contributed by atoms with van der Waals surface area (Å²) in [6.07, 6.45) is -6.02. The van der Waals surface area contributed by atoms with Crippen LogP contribution in [0.25, 0.3) is 0 Å². The molecule has 2 nitrogen and oxygen atoms in total. The lowest BCUT2D eigenvalue weighted by Crippen LogP contribution is -2.30. The van der Waals surface area contributed by atoms with E-state index in [0.717, 1.165) is 0 Å². The molecule has 0 amide bonds. The summed E-state index contributed by atoms with van der Waals surface area (Å²) in [4.78, 5) is 0. The highest BCUT2D eigenvalue weighted by Crippen LogP contribution is 2.28. The molecule has 1 atom stereocenters. The van der Waals surface area contributed by atoms with Gasteiger partial charge in [0.2, 0.25) is 0 Å². The Bertz CT molecular complexity index is 409. The van der Waals surface area contributed by atoms with Crippen LogP contribution >= 0.6 is 0 Å². The molecule has 0 aliphatic heterocycles. The van der Waals surface area contributed by atoms with E-state index in [1.165, 1.54) is 0 Å². The van der Waals surface area contributed by atoms with Gasteiger partial charge in [0.05, 0.1) is 6.04 Å². The fraction of sp³-hybridized carbons (Fsp3) is 0.455. The van der Waals surface area contributed by atoms with Crippen molar-refractivity contribution in [1.29, 1.82) is 0 Å². The van der Waals surface area contributed by atoms with Gasteiger partial charge in [-0.15, -0.1) is 0 Å². The Balaban J connectivity index is 2.80. The number of benzene rings is 1. The van der Waals surface area contributed by atoms with Crippen molar-refractivity contribution in [1.82, 2.24) is 5.43 Å². The zero-order chi connectivity index (χ0) is 14.6. The number of nitrogens with one attached hydrogen (secondary N) is 1. The van der Waals surface area contributed by atoms with Gasteiger partial charge in [-0.2, -0.15) is 13.2 Å². The van der Waals surface area contributed by atoms with E-state index < -0.39 is 41.7 Å². The van der Waals surface area contributed by atoms with E-state index in [-0.39, 0.29) is 12.8 Å². The molecule has 0 bridgehead atoms. The molecular weight excluding hydrogens is 274 g/mol. The Hall–Kier alpha value is -1.28. The lowest BCUT2D eigenvalue weighted by molar-refractivity contribution is -0.135. The molecule has 8 heteroatoms. The number of nitrogens with two attached hydrogens (primary N) is 1. The highest BCUT2D eigenvalue weighted by atomic mass is 19.4. The number of alkyl halides is 3. The second-order valence-corrected chi connectivity index (χ2v) is 4.01. The van der Waals surface area contributed by atoms with Crippen LogP contribution in [0, 0.1) is 17.5 Å². The lowest BCUT2D eigenvalue weighted by Gasteiger charge is -2.18. The highest BCUT2D eigenvalue weighted by molar-refractivity contribution is 5.24. The fourth-order valence-electron chi connectivity index (χ4n) is 1.70. The van der Waals surface area contributed by atoms with Crippen molar-refractivity contribution in [3.63, 3.8) is 0 Å². The van der Waals surface area contributed by atoms with E-state index >= 15 is 0 Å². The van der Waals surface area contributed by atoms with Gasteiger partial charge in [-0.05, 0) is 12.8 Å². The van der Waals surface area contributed by atoms with E-state index in [9.17, 15) is 26.3 Å². The zero-order valence-electron chi connectivity index (χ0n) is 9.70. The van der Waals surface area contributed by atoms with Crippen molar-refractivity contribution in [2.75, 3.05) is 0 Å². The Kier molecular flexibility index (Phi) is 5.19. The number of halogens is 6. The van der Waals surface area contributed by atoms with E-state index in [1.807, 2.05) is 5.43 Å². The van der Waals surface area contributed by atoms with E-state index in [4.69, 9.17) is 5.84 Å². The molecule has 0 aliphatic rings. The van der Waals surface area contributed by atoms with Crippen molar-refractivity contribution in [3.8, 4) is 0 Å². The standard InChI is InChI=1S/C11H12F6N2/c12-6-4-7(13)10(8(14)5-6)9(19-18)2-1-3-11(15,16)17/h4-5,9,19H,1-3,18H2. The van der Waals surface area contributed by atoms with Crippen molar-refractivity contribution in [3.05, 3.63) is 35.1 Å². The van der Waals surface area contributed by atoms with Crippen molar-refractivity contribution < 1.29 is 26.3 Å². The second-order valence-electron chi connectivity index (χ2n) is 4.01. The predicted molar refractivity (Wildman–Crippen MR) is 56.3 cm³/mol. The maximum absolute atomic E-state index is 13.4. The first-order valence-electron chi connectivity index (χ1n) is 5.42. The van der Waals surface area contributed by atoms with Crippen molar-refractivity contribution in [2.45, 2.75) is 31.5 Å². The SMILES string of the molecule is NNC(CCCC(F)(F)F)c1c(F)cc(F)cc1F. The third-order valence-corrected chi connectivity index (χ3v) is 2.55. The summed E-state index contributed by atoms with van der Waals surface area (Å²) in [5.74, 6) is 1.59. The molecule has 1 unspecified atom stereocenters. The molecule has 0 aromatic heterocycles. The van der Waals surface area contributed by atoms with Crippen LogP contribution in [0.15, 0.2) is 12.1 Å². The first-order valence-corrected chi connectivity index (χ1v) is 5.42. The Labute approximate surface area is 105 Å². The molecule has 0 saturated carbocycles. The van der Waals surface area contributed by atoms with Crippen LogP contribution in [0.2, 0.25) is 0 Å². The number of hydrazine groups is 1. The molecule has 108 valence electrons. The molecule has 0 saturated heterocycles. The maximum atomic E-state index is 13.4. The fourth-order valence-corrected chi connectivity index (χ4v) is 1.70. The molecule has 0 radical (unpaired) electrons. The van der Waals surface area contributed by atoms with Crippen molar-refractivity contribution in [2.24, 2.45) is 5.84 Å². The molecule has 1 rings (SSSR count). The van der Waals surface area contributed by atoms with Gasteiger partial charge in [0.25, 0.3) is 0 Å². The lowest BCUT2D eigenvalue weighted by atomic mass is 10.00. The third-order valence-electron chi connectivity index (χ3n) is 2.55. The molecule has 0 spiro atoms. The van der Waals surface area contributed by atoms with Crippen LogP contribution in [0.1, 0.15) is 30.9 Å². The maximum Gasteiger partial charge on any atom is 0.389 e. The minimum atomic E-state index is -4.35. The average Bonchev–Trinajstić information content (AvgIpc) is 2.23. The third kappa shape index (κ3) is 4.71. The number of hydrogen-bond acceptors (Lipinski definition) is 2. The Morgan fingerprint density at radius 1 is 1.11 bits per heavy atom. The summed E-state index contributed by atoms with van der Waals surface area (Å²) in [5, 5.41) is 0. The van der Waals surface area contributed by atoms with Crippen LogP contribution in [0.4, 0.5) is 26.3 Å². The van der Waals surface area contributed by atoms with Crippen LogP contribution in [0.3, 0.4) is 0 Å². The second kappa shape index (κ2) is 6.25. The first-order chi connectivity index (χ1) is 8.74. The van der Waals surface area contributed by atoms with Gasteiger partial charge in [-0.25, -0.2) is 13.2 Å². The van der Waals surface area contributed by atoms with Gasteiger partial charge >= 0.3 is 6.18 Å². The van der Waals surface area contributed by atoms with Gasteiger partial charge in [0.15, 0.2) is 0 Å². The summed E-state index contributed by atoms with van der Waals surface area (Å²) in [5.41, 5.74) is 1.47. The van der Waals surface area contributed by atoms with Crippen LogP contribution in [-0.2, 0) is 0 Å². The average molecular weight is 286 g/mol. The molecule has 0 aliphatic carbocycles. The Morgan fingerprint density at radius 3 is 2.05 bits per heavy atom. The van der Waals surface area contributed by atoms with Gasteiger partial charge in [-0.3, -0.25) is 11.3 Å². The summed E-state index contributed by atoms with van der Waals surface area (Å²) >= 11 is 0. The minimum Gasteiger partial charge on any atom is -0.271 e. The number of hydrogen-bond donors (Lipinski definition) is 2. The topological polar surface area (TPSA) is 38.0 Å². The molecule has 0 heterocycles. The number of rotatable bonds is 5. The summed E-state index contributed by atoms with van der Waals surface area (Å²) in [6.45, 7) is 0. The quantitative estimate of drug-likeness (QED) is 0.495. The monoisotopic (exact) mass is 286 g/mol. The van der Waals surface area contributed by atoms with Gasteiger partial charge < -0.3 is 0 Å². The van der Waals surface area contributed by atoms with E-state index in [1.54, 1.807) is 0 Å². The Morgan fingerprint density at radius 2 is 1.63 bits per heavy atom. The largest absolute Gasteiger partial charge is 0.389 e. The highest BCUT2D eigenvalue weighted by Gasteiger charge is 2.28. The smallest absolute Gasteiger partial charge is 0.271 e. The first kappa shape index (κ1) is 15.8. The van der Waals surface area contributed by atoms with Crippen LogP contribution < -0.4 is 11.3 Å². The zero-order valence-corrected chi connectivity index (χ0v) is 9.70. The van der Waals surface area contributed by atoms with E-state index in [2.05, 4.69) is 0 Å². The van der Waals surface area contributed by atoms with Crippen LogP contribution in [-0.4, -0.2) is 6.18 Å². The van der Waals surface area contributed by atoms with E-state index in [0.29, 0.717) is 12.1 Å². The predicted octanol–water partition coefficient (Wildman–Crippen LogP) is 3.34. The molecule has 1 aromatic carbocycles. The van der Waals surface area contributed by atoms with Crippen LogP contribution in [0.5, 0.6) is 0 Å². The summed E-state index contributed by atoms with van der Waals surface area (Å²) in [7, 11) is 0. The summed E-state index contributed by atoms with van der Waals surface area (Å²) in [6, 6.07) is -0.248. The van der Waals surface area contributed by atoms with Gasteiger partial charge in [0.1, 0.15) is 17.5 Å².